The maximum Gasteiger partial charge on any atom is 0.279 e. The molecule has 1 amide bonds. The second kappa shape index (κ2) is 10.7. The molecule has 3 aliphatic heterocycles. The van der Waals surface area contributed by atoms with Crippen molar-refractivity contribution in [1.82, 2.24) is 13.9 Å². The van der Waals surface area contributed by atoms with E-state index in [-0.39, 0.29) is 24.1 Å². The van der Waals surface area contributed by atoms with Gasteiger partial charge in [0.25, 0.3) is 10.2 Å². The first kappa shape index (κ1) is 24.4. The third kappa shape index (κ3) is 6.07. The predicted molar refractivity (Wildman–Crippen MR) is 129 cm³/mol. The average molecular weight is 479 g/mol. The van der Waals surface area contributed by atoms with Gasteiger partial charge < -0.3 is 15.0 Å². The van der Waals surface area contributed by atoms with E-state index in [1.165, 1.54) is 24.0 Å². The molecule has 2 N–H and O–H groups in total. The van der Waals surface area contributed by atoms with Gasteiger partial charge in [0.15, 0.2) is 0 Å². The number of ether oxygens (including phenoxy) is 1. The lowest BCUT2D eigenvalue weighted by Gasteiger charge is -2.33. The van der Waals surface area contributed by atoms with E-state index in [0.29, 0.717) is 31.9 Å². The molecule has 1 saturated carbocycles. The molecule has 1 aliphatic carbocycles. The van der Waals surface area contributed by atoms with Crippen LogP contribution in [0, 0.1) is 0 Å². The van der Waals surface area contributed by atoms with Gasteiger partial charge in [0.05, 0.1) is 18.8 Å². The highest BCUT2D eigenvalue weighted by molar-refractivity contribution is 7.87. The molecule has 4 aliphatic rings. The van der Waals surface area contributed by atoms with Crippen molar-refractivity contribution in [3.8, 4) is 0 Å². The highest BCUT2D eigenvalue weighted by Crippen LogP contribution is 2.35. The van der Waals surface area contributed by atoms with Crippen LogP contribution in [0.4, 0.5) is 5.69 Å². The summed E-state index contributed by atoms with van der Waals surface area (Å²) >= 11 is 0. The summed E-state index contributed by atoms with van der Waals surface area (Å²) in [6.45, 7) is 1.77. The van der Waals surface area contributed by atoms with Gasteiger partial charge in [-0.2, -0.15) is 17.4 Å². The summed E-state index contributed by atoms with van der Waals surface area (Å²) in [5, 5.41) is 3.51. The quantitative estimate of drug-likeness (QED) is 0.697. The Kier molecular flexibility index (Phi) is 7.94. The Bertz CT molecular complexity index is 915. The van der Waals surface area contributed by atoms with Crippen LogP contribution in [0.1, 0.15) is 62.8 Å². The van der Waals surface area contributed by atoms with E-state index in [0.717, 1.165) is 50.8 Å². The van der Waals surface area contributed by atoms with Crippen LogP contribution < -0.4 is 10.0 Å². The Hall–Kier alpha value is -1.68. The van der Waals surface area contributed by atoms with Crippen LogP contribution in [0.5, 0.6) is 0 Å². The van der Waals surface area contributed by atoms with Gasteiger partial charge in [-0.1, -0.05) is 12.1 Å². The van der Waals surface area contributed by atoms with E-state index in [2.05, 4.69) is 34.3 Å². The minimum Gasteiger partial charge on any atom is -0.385 e. The van der Waals surface area contributed by atoms with Crippen molar-refractivity contribution in [2.24, 2.45) is 0 Å². The zero-order valence-electron chi connectivity index (χ0n) is 19.8. The third-order valence-corrected chi connectivity index (χ3v) is 8.89. The van der Waals surface area contributed by atoms with Gasteiger partial charge in [0.1, 0.15) is 0 Å². The first-order valence-corrected chi connectivity index (χ1v) is 13.7. The number of hydrogen-bond donors (Lipinski definition) is 2. The van der Waals surface area contributed by atoms with Crippen molar-refractivity contribution in [2.75, 3.05) is 39.1 Å². The molecule has 2 fully saturated rings. The number of carbonyl (C=O) groups is 1. The van der Waals surface area contributed by atoms with E-state index in [9.17, 15) is 13.2 Å². The fraction of sp³-hybridized carbons (Fsp3) is 0.708. The van der Waals surface area contributed by atoms with Crippen LogP contribution in [-0.2, 0) is 19.7 Å². The van der Waals surface area contributed by atoms with Crippen LogP contribution in [0.25, 0.3) is 0 Å². The molecule has 0 spiro atoms. The van der Waals surface area contributed by atoms with Crippen molar-refractivity contribution in [2.45, 2.75) is 75.5 Å². The maximum atomic E-state index is 13.1. The molecule has 1 aromatic carbocycles. The lowest BCUT2D eigenvalue weighted by atomic mass is 9.82. The molecule has 0 unspecified atom stereocenters. The summed E-state index contributed by atoms with van der Waals surface area (Å²) in [6, 6.07) is 8.13. The lowest BCUT2D eigenvalue weighted by Crippen LogP contribution is -2.51. The van der Waals surface area contributed by atoms with Gasteiger partial charge in [0.2, 0.25) is 5.91 Å². The van der Waals surface area contributed by atoms with Crippen LogP contribution in [0.2, 0.25) is 0 Å². The number of benzene rings is 1. The molecule has 3 heterocycles. The number of anilines is 1. The number of nitrogens with one attached hydrogen (secondary N) is 2. The first-order chi connectivity index (χ1) is 15.8. The van der Waals surface area contributed by atoms with Gasteiger partial charge in [-0.3, -0.25) is 4.79 Å². The van der Waals surface area contributed by atoms with Crippen LogP contribution in [0.3, 0.4) is 0 Å². The summed E-state index contributed by atoms with van der Waals surface area (Å²) in [5.74, 6) is 0.636. The Morgan fingerprint density at radius 3 is 2.67 bits per heavy atom. The molecular weight excluding hydrogens is 440 g/mol. The Morgan fingerprint density at radius 1 is 1.12 bits per heavy atom. The molecule has 184 valence electrons. The molecule has 2 atom stereocenters. The van der Waals surface area contributed by atoms with Crippen molar-refractivity contribution in [3.05, 3.63) is 29.8 Å². The van der Waals surface area contributed by atoms with Crippen molar-refractivity contribution < 1.29 is 17.9 Å². The summed E-state index contributed by atoms with van der Waals surface area (Å²) < 4.78 is 35.2. The summed E-state index contributed by atoms with van der Waals surface area (Å²) in [6.07, 6.45) is 7.07. The first-order valence-electron chi connectivity index (χ1n) is 12.3. The van der Waals surface area contributed by atoms with Gasteiger partial charge in [-0.15, -0.1) is 0 Å². The van der Waals surface area contributed by atoms with Crippen molar-refractivity contribution >= 4 is 21.8 Å². The zero-order chi connectivity index (χ0) is 23.4. The highest BCUT2D eigenvalue weighted by Gasteiger charge is 2.40. The van der Waals surface area contributed by atoms with Gasteiger partial charge in [-0.05, 0) is 68.6 Å². The van der Waals surface area contributed by atoms with Crippen molar-refractivity contribution in [1.29, 1.82) is 0 Å². The Labute approximate surface area is 198 Å². The number of rotatable bonds is 3. The second-order valence-electron chi connectivity index (χ2n) is 9.77. The monoisotopic (exact) mass is 478 g/mol. The largest absolute Gasteiger partial charge is 0.385 e. The van der Waals surface area contributed by atoms with E-state index in [1.54, 1.807) is 0 Å². The minimum absolute atomic E-state index is 0.0881. The Balaban J connectivity index is 1.49. The summed E-state index contributed by atoms with van der Waals surface area (Å²) in [4.78, 5) is 14.9. The number of fused-ring (bicyclic) bond motifs is 8. The smallest absolute Gasteiger partial charge is 0.279 e. The predicted octanol–water partition coefficient (Wildman–Crippen LogP) is 2.69. The molecule has 33 heavy (non-hydrogen) atoms. The van der Waals surface area contributed by atoms with Crippen LogP contribution in [0.15, 0.2) is 24.3 Å². The topological polar surface area (TPSA) is 91.0 Å². The summed E-state index contributed by atoms with van der Waals surface area (Å²) in [5.41, 5.74) is 2.54. The van der Waals surface area contributed by atoms with E-state index in [4.69, 9.17) is 4.74 Å². The molecular formula is C24H38N4O4S. The highest BCUT2D eigenvalue weighted by atomic mass is 32.2. The van der Waals surface area contributed by atoms with Crippen molar-refractivity contribution in [3.63, 3.8) is 0 Å². The molecule has 1 aromatic rings. The molecule has 9 heteroatoms. The fourth-order valence-corrected chi connectivity index (χ4v) is 6.15. The van der Waals surface area contributed by atoms with E-state index in [1.807, 2.05) is 4.90 Å². The van der Waals surface area contributed by atoms with Gasteiger partial charge in [-0.25, -0.2) is 0 Å². The average Bonchev–Trinajstić information content (AvgIpc) is 3.19. The lowest BCUT2D eigenvalue weighted by molar-refractivity contribution is -0.134. The van der Waals surface area contributed by atoms with Gasteiger partial charge in [0, 0.05) is 45.3 Å². The standard InChI is InChI=1S/C24H38N4O4S/c1-27(2)33(30,31)26-22-13-15-28-23(22)17-32-21-11-9-18(10-12-21)19-6-5-7-20(16-19)25-14-4-3-8-24(28)29/h5-7,16,18,21-23,25-26H,3-4,8-15,17H2,1-2H3/t18?,21?,22-,23-/m0/s1. The van der Waals surface area contributed by atoms with E-state index >= 15 is 0 Å². The maximum absolute atomic E-state index is 13.1. The third-order valence-electron chi connectivity index (χ3n) is 7.33. The normalized spacial score (nSPS) is 29.5. The van der Waals surface area contributed by atoms with Gasteiger partial charge >= 0.3 is 0 Å². The molecule has 8 nitrogen and oxygen atoms in total. The Morgan fingerprint density at radius 2 is 1.91 bits per heavy atom. The van der Waals surface area contributed by atoms with E-state index < -0.39 is 10.2 Å². The number of carbonyl (C=O) groups excluding carboxylic acids is 1. The zero-order valence-corrected chi connectivity index (χ0v) is 20.6. The van der Waals surface area contributed by atoms with Crippen LogP contribution in [-0.4, -0.2) is 75.5 Å². The molecule has 0 radical (unpaired) electrons. The number of hydrogen-bond acceptors (Lipinski definition) is 5. The molecule has 0 aromatic heterocycles. The molecule has 5 rings (SSSR count). The summed E-state index contributed by atoms with van der Waals surface area (Å²) in [7, 11) is -0.551. The number of amides is 1. The molecule has 4 bridgehead atoms. The number of nitrogens with zero attached hydrogens (tertiary/aromatic N) is 2. The fourth-order valence-electron chi connectivity index (χ4n) is 5.28. The second-order valence-corrected chi connectivity index (χ2v) is 11.7. The molecule has 1 saturated heterocycles. The minimum atomic E-state index is -3.58. The van der Waals surface area contributed by atoms with Crippen LogP contribution >= 0.6 is 0 Å². The SMILES string of the molecule is CN(C)S(=O)(=O)N[C@H]1CCN2C(=O)CCCCNc3cccc(c3)C3CCC(CC3)OC[C@@H]12.